The van der Waals surface area contributed by atoms with Crippen LogP contribution in [0.4, 0.5) is 0 Å². The quantitative estimate of drug-likeness (QED) is 0.707. The summed E-state index contributed by atoms with van der Waals surface area (Å²) in [7, 11) is 1.88. The van der Waals surface area contributed by atoms with Crippen molar-refractivity contribution in [2.75, 3.05) is 27.2 Å². The number of carbonyl (C=O) groups excluding carboxylic acids is 1. The van der Waals surface area contributed by atoms with Crippen molar-refractivity contribution in [2.45, 2.75) is 19.4 Å². The average Bonchev–Trinajstić information content (AvgIpc) is 3.32. The fourth-order valence-electron chi connectivity index (χ4n) is 3.63. The lowest BCUT2D eigenvalue weighted by atomic mass is 9.94. The van der Waals surface area contributed by atoms with Gasteiger partial charge in [-0.25, -0.2) is 0 Å². The van der Waals surface area contributed by atoms with E-state index >= 15 is 0 Å². The monoisotopic (exact) mass is 369 g/mol. The van der Waals surface area contributed by atoms with Crippen molar-refractivity contribution in [3.8, 4) is 23.0 Å². The Morgan fingerprint density at radius 2 is 1.70 bits per heavy atom. The van der Waals surface area contributed by atoms with Crippen LogP contribution in [0.1, 0.15) is 27.0 Å². The minimum atomic E-state index is 0.0352. The van der Waals surface area contributed by atoms with Crippen LogP contribution >= 0.6 is 0 Å². The van der Waals surface area contributed by atoms with Crippen molar-refractivity contribution in [3.63, 3.8) is 0 Å². The molecule has 3 aliphatic rings. The fourth-order valence-corrected chi connectivity index (χ4v) is 3.63. The maximum Gasteiger partial charge on any atom is 0.231 e. The van der Waals surface area contributed by atoms with Crippen LogP contribution in [0.3, 0.4) is 0 Å². The van der Waals surface area contributed by atoms with E-state index in [-0.39, 0.29) is 25.8 Å². The van der Waals surface area contributed by atoms with Gasteiger partial charge in [0, 0.05) is 31.1 Å². The van der Waals surface area contributed by atoms with Gasteiger partial charge in [0.2, 0.25) is 13.6 Å². The van der Waals surface area contributed by atoms with E-state index in [2.05, 4.69) is 0 Å². The molecule has 0 saturated carbocycles. The smallest absolute Gasteiger partial charge is 0.231 e. The van der Waals surface area contributed by atoms with Gasteiger partial charge in [-0.05, 0) is 35.7 Å². The number of Topliss-reactive ketones (excluding diaryl/α,β-unsaturated/α-hetero) is 1. The number of ether oxygens (including phenoxy) is 4. The van der Waals surface area contributed by atoms with Gasteiger partial charge in [-0.3, -0.25) is 9.63 Å². The molecule has 7 heteroatoms. The number of likely N-dealkylation sites (N-methyl/N-ethyl adjacent to an activating group) is 1. The lowest BCUT2D eigenvalue weighted by molar-refractivity contribution is -0.150. The third-order valence-corrected chi connectivity index (χ3v) is 5.11. The summed E-state index contributed by atoms with van der Waals surface area (Å²) in [6.45, 7) is 1.33. The van der Waals surface area contributed by atoms with Gasteiger partial charge in [0.1, 0.15) is 0 Å². The summed E-state index contributed by atoms with van der Waals surface area (Å²) < 4.78 is 22.0. The van der Waals surface area contributed by atoms with Crippen molar-refractivity contribution in [1.82, 2.24) is 5.06 Å². The van der Waals surface area contributed by atoms with Crippen LogP contribution in [0.2, 0.25) is 0 Å². The highest BCUT2D eigenvalue weighted by molar-refractivity contribution is 6.00. The Bertz CT molecular complexity index is 925. The maximum absolute atomic E-state index is 13.2. The summed E-state index contributed by atoms with van der Waals surface area (Å²) in [6.07, 6.45) is 0.925. The number of rotatable bonds is 0. The van der Waals surface area contributed by atoms with Crippen LogP contribution in [0.15, 0.2) is 24.3 Å². The number of nitrogens with zero attached hydrogens (tertiary/aromatic N) is 1. The van der Waals surface area contributed by atoms with E-state index in [0.29, 0.717) is 48.1 Å². The molecule has 7 nitrogen and oxygen atoms in total. The van der Waals surface area contributed by atoms with Crippen molar-refractivity contribution in [3.05, 3.63) is 46.5 Å². The summed E-state index contributed by atoms with van der Waals surface area (Å²) in [5.74, 6) is 2.69. The highest BCUT2D eigenvalue weighted by Crippen LogP contribution is 2.40. The third-order valence-electron chi connectivity index (χ3n) is 5.11. The van der Waals surface area contributed by atoms with Crippen LogP contribution < -0.4 is 18.9 Å². The summed E-state index contributed by atoms with van der Waals surface area (Å²) in [5, 5.41) is 1.78. The number of carbonyl (C=O) groups is 1. The van der Waals surface area contributed by atoms with Crippen molar-refractivity contribution >= 4 is 5.78 Å². The van der Waals surface area contributed by atoms with E-state index in [1.165, 1.54) is 0 Å². The molecule has 27 heavy (non-hydrogen) atoms. The van der Waals surface area contributed by atoms with Crippen LogP contribution in [-0.4, -0.2) is 38.0 Å². The van der Waals surface area contributed by atoms with Gasteiger partial charge in [-0.2, -0.15) is 5.06 Å². The molecular weight excluding hydrogens is 350 g/mol. The van der Waals surface area contributed by atoms with Crippen molar-refractivity contribution in [2.24, 2.45) is 0 Å². The van der Waals surface area contributed by atoms with Crippen molar-refractivity contribution < 1.29 is 28.6 Å². The van der Waals surface area contributed by atoms with Gasteiger partial charge in [0.05, 0.1) is 6.61 Å². The standard InChI is InChI=1S/C20H19NO6/c1-21-5-4-13-7-18-19(25-10-24-18)8-14(13)16(22)6-12-2-3-17-20(26-11-23-17)15(12)9-27-21/h2-3,7-8H,4-6,9-11H2,1H3. The van der Waals surface area contributed by atoms with Gasteiger partial charge in [-0.1, -0.05) is 6.07 Å². The number of ketones is 1. The summed E-state index contributed by atoms with van der Waals surface area (Å²) in [4.78, 5) is 19.1. The minimum absolute atomic E-state index is 0.0352. The molecule has 0 bridgehead atoms. The Balaban J connectivity index is 1.59. The Hall–Kier alpha value is -2.77. The zero-order valence-corrected chi connectivity index (χ0v) is 14.9. The number of benzene rings is 2. The van der Waals surface area contributed by atoms with Crippen LogP contribution in [0, 0.1) is 0 Å². The topological polar surface area (TPSA) is 66.5 Å². The number of hydroxylamine groups is 2. The summed E-state index contributed by atoms with van der Waals surface area (Å²) >= 11 is 0. The van der Waals surface area contributed by atoms with E-state index in [1.54, 1.807) is 11.1 Å². The first-order chi connectivity index (χ1) is 13.2. The third kappa shape index (κ3) is 2.89. The maximum atomic E-state index is 13.2. The number of fused-ring (bicyclic) bond motifs is 5. The second-order valence-corrected chi connectivity index (χ2v) is 6.77. The first-order valence-electron chi connectivity index (χ1n) is 8.89. The molecule has 0 unspecified atom stereocenters. The molecule has 0 atom stereocenters. The molecule has 0 radical (unpaired) electrons. The van der Waals surface area contributed by atoms with Crippen LogP contribution in [-0.2, 0) is 24.3 Å². The molecule has 3 aliphatic heterocycles. The van der Waals surface area contributed by atoms with Gasteiger partial charge >= 0.3 is 0 Å². The minimum Gasteiger partial charge on any atom is -0.454 e. The predicted octanol–water partition coefficient (Wildman–Crippen LogP) is 2.49. The van der Waals surface area contributed by atoms with E-state index in [4.69, 9.17) is 23.8 Å². The Morgan fingerprint density at radius 1 is 0.926 bits per heavy atom. The molecule has 5 rings (SSSR count). The lowest BCUT2D eigenvalue weighted by Crippen LogP contribution is -2.22. The number of hydrogen-bond acceptors (Lipinski definition) is 7. The molecule has 0 N–H and O–H groups in total. The molecule has 140 valence electrons. The molecule has 0 aromatic heterocycles. The summed E-state index contributed by atoms with van der Waals surface area (Å²) in [6, 6.07) is 7.46. The SMILES string of the molecule is CN1CCc2cc3c(cc2C(=O)Cc2ccc4c(c2CO1)OCO4)OCO3. The van der Waals surface area contributed by atoms with Crippen molar-refractivity contribution in [1.29, 1.82) is 0 Å². The fraction of sp³-hybridized carbons (Fsp3) is 0.350. The van der Waals surface area contributed by atoms with Gasteiger partial charge in [0.25, 0.3) is 0 Å². The molecule has 2 aromatic carbocycles. The molecule has 3 heterocycles. The zero-order valence-electron chi connectivity index (χ0n) is 14.9. The average molecular weight is 369 g/mol. The molecule has 0 spiro atoms. The largest absolute Gasteiger partial charge is 0.454 e. The molecule has 0 saturated heterocycles. The lowest BCUT2D eigenvalue weighted by Gasteiger charge is -2.18. The highest BCUT2D eigenvalue weighted by atomic mass is 16.7. The molecule has 2 aromatic rings. The van der Waals surface area contributed by atoms with Gasteiger partial charge in [0.15, 0.2) is 28.8 Å². The first kappa shape index (κ1) is 16.4. The second kappa shape index (κ2) is 6.44. The molecule has 0 amide bonds. The Morgan fingerprint density at radius 3 is 2.59 bits per heavy atom. The highest BCUT2D eigenvalue weighted by Gasteiger charge is 2.26. The second-order valence-electron chi connectivity index (χ2n) is 6.77. The molecule has 0 fully saturated rings. The summed E-state index contributed by atoms with van der Waals surface area (Å²) in [5.41, 5.74) is 3.33. The normalized spacial score (nSPS) is 18.6. The Labute approximate surface area is 156 Å². The van der Waals surface area contributed by atoms with Crippen LogP contribution in [0.25, 0.3) is 0 Å². The molecular formula is C20H19NO6. The zero-order chi connectivity index (χ0) is 18.4. The number of hydrogen-bond donors (Lipinski definition) is 0. The first-order valence-corrected chi connectivity index (χ1v) is 8.89. The van der Waals surface area contributed by atoms with Gasteiger partial charge in [-0.15, -0.1) is 0 Å². The predicted molar refractivity (Wildman–Crippen MR) is 94.3 cm³/mol. The Kier molecular flexibility index (Phi) is 3.91. The van der Waals surface area contributed by atoms with E-state index < -0.39 is 0 Å². The van der Waals surface area contributed by atoms with E-state index in [0.717, 1.165) is 16.7 Å². The molecule has 0 aliphatic carbocycles. The van der Waals surface area contributed by atoms with Crippen LogP contribution in [0.5, 0.6) is 23.0 Å². The van der Waals surface area contributed by atoms with Gasteiger partial charge < -0.3 is 18.9 Å². The van der Waals surface area contributed by atoms with E-state index in [9.17, 15) is 4.79 Å². The van der Waals surface area contributed by atoms with E-state index in [1.807, 2.05) is 25.2 Å².